The van der Waals surface area contributed by atoms with Crippen molar-refractivity contribution in [3.05, 3.63) is 29.8 Å². The number of nitrogens with two attached hydrogens (primary N) is 1. The molecule has 0 spiro atoms. The molecular weight excluding hydrogens is 228 g/mol. The maximum Gasteiger partial charge on any atom is 0.106 e. The average Bonchev–Trinajstić information content (AvgIpc) is 2.38. The van der Waals surface area contributed by atoms with Gasteiger partial charge in [0.15, 0.2) is 0 Å². The fourth-order valence-corrected chi connectivity index (χ4v) is 2.85. The molecule has 1 fully saturated rings. The molecule has 0 bridgehead atoms. The van der Waals surface area contributed by atoms with Crippen molar-refractivity contribution >= 4 is 22.9 Å². The van der Waals surface area contributed by atoms with Gasteiger partial charge in [0, 0.05) is 23.8 Å². The minimum absolute atomic E-state index is 0.501. The molecule has 1 heterocycles. The van der Waals surface area contributed by atoms with Gasteiger partial charge in [0.25, 0.3) is 0 Å². The standard InChI is InChI=1S/C14H20N2S/c1-2-11-7-5-6-10-16(11)13-9-4-3-8-12(13)14(15)17/h3-4,8-9,11H,2,5-7,10H2,1H3,(H2,15,17). The Morgan fingerprint density at radius 2 is 2.18 bits per heavy atom. The minimum atomic E-state index is 0.501. The van der Waals surface area contributed by atoms with Crippen LogP contribution in [0.3, 0.4) is 0 Å². The van der Waals surface area contributed by atoms with Crippen molar-refractivity contribution in [2.75, 3.05) is 11.4 Å². The van der Waals surface area contributed by atoms with E-state index in [2.05, 4.69) is 24.0 Å². The van der Waals surface area contributed by atoms with Gasteiger partial charge >= 0.3 is 0 Å². The zero-order chi connectivity index (χ0) is 12.3. The zero-order valence-electron chi connectivity index (χ0n) is 10.4. The number of hydrogen-bond donors (Lipinski definition) is 1. The van der Waals surface area contributed by atoms with E-state index in [1.165, 1.54) is 31.4 Å². The van der Waals surface area contributed by atoms with Crippen LogP contribution in [0.25, 0.3) is 0 Å². The third-order valence-electron chi connectivity index (χ3n) is 3.58. The molecule has 2 nitrogen and oxygen atoms in total. The first-order valence-electron chi connectivity index (χ1n) is 6.39. The molecule has 1 atom stereocenters. The number of benzene rings is 1. The smallest absolute Gasteiger partial charge is 0.106 e. The lowest BCUT2D eigenvalue weighted by Gasteiger charge is -2.38. The van der Waals surface area contributed by atoms with Crippen molar-refractivity contribution in [3.63, 3.8) is 0 Å². The predicted octanol–water partition coefficient (Wildman–Crippen LogP) is 3.09. The summed E-state index contributed by atoms with van der Waals surface area (Å²) >= 11 is 5.14. The second kappa shape index (κ2) is 5.50. The maximum absolute atomic E-state index is 5.81. The number of thiocarbonyl (C=S) groups is 1. The van der Waals surface area contributed by atoms with Crippen LogP contribution < -0.4 is 10.6 Å². The maximum atomic E-state index is 5.81. The van der Waals surface area contributed by atoms with Gasteiger partial charge in [0.1, 0.15) is 4.99 Å². The van der Waals surface area contributed by atoms with Gasteiger partial charge in [-0.1, -0.05) is 31.3 Å². The Morgan fingerprint density at radius 1 is 1.41 bits per heavy atom. The van der Waals surface area contributed by atoms with Crippen molar-refractivity contribution in [1.29, 1.82) is 0 Å². The van der Waals surface area contributed by atoms with Gasteiger partial charge in [0.2, 0.25) is 0 Å². The van der Waals surface area contributed by atoms with Crippen molar-refractivity contribution in [1.82, 2.24) is 0 Å². The molecule has 1 aromatic rings. The monoisotopic (exact) mass is 248 g/mol. The largest absolute Gasteiger partial charge is 0.389 e. The summed E-state index contributed by atoms with van der Waals surface area (Å²) in [6.07, 6.45) is 5.07. The second-order valence-electron chi connectivity index (χ2n) is 4.63. The molecule has 1 unspecified atom stereocenters. The molecule has 0 aromatic heterocycles. The molecule has 17 heavy (non-hydrogen) atoms. The van der Waals surface area contributed by atoms with Gasteiger partial charge in [-0.15, -0.1) is 0 Å². The van der Waals surface area contributed by atoms with E-state index in [1.807, 2.05) is 12.1 Å². The summed E-state index contributed by atoms with van der Waals surface area (Å²) in [6.45, 7) is 3.38. The summed E-state index contributed by atoms with van der Waals surface area (Å²) in [5, 5.41) is 0. The quantitative estimate of drug-likeness (QED) is 0.834. The normalized spacial score (nSPS) is 20.3. The van der Waals surface area contributed by atoms with E-state index >= 15 is 0 Å². The van der Waals surface area contributed by atoms with Gasteiger partial charge in [-0.05, 0) is 37.8 Å². The lowest BCUT2D eigenvalue weighted by molar-refractivity contribution is 0.450. The lowest BCUT2D eigenvalue weighted by Crippen LogP contribution is -2.40. The van der Waals surface area contributed by atoms with Crippen molar-refractivity contribution < 1.29 is 0 Å². The van der Waals surface area contributed by atoms with Gasteiger partial charge in [0.05, 0.1) is 0 Å². The van der Waals surface area contributed by atoms with Gasteiger partial charge in [-0.25, -0.2) is 0 Å². The molecule has 1 aliphatic heterocycles. The van der Waals surface area contributed by atoms with Crippen LogP contribution in [0, 0.1) is 0 Å². The van der Waals surface area contributed by atoms with Gasteiger partial charge < -0.3 is 10.6 Å². The fraction of sp³-hybridized carbons (Fsp3) is 0.500. The molecular formula is C14H20N2S. The first-order valence-corrected chi connectivity index (χ1v) is 6.80. The third-order valence-corrected chi connectivity index (χ3v) is 3.80. The molecule has 0 radical (unpaired) electrons. The molecule has 2 N–H and O–H groups in total. The van der Waals surface area contributed by atoms with Crippen molar-refractivity contribution in [3.8, 4) is 0 Å². The van der Waals surface area contributed by atoms with Crippen LogP contribution in [-0.4, -0.2) is 17.6 Å². The molecule has 3 heteroatoms. The van der Waals surface area contributed by atoms with Crippen LogP contribution in [0.1, 0.15) is 38.2 Å². The average molecular weight is 248 g/mol. The Bertz CT molecular complexity index is 403. The van der Waals surface area contributed by atoms with E-state index in [9.17, 15) is 0 Å². The van der Waals surface area contributed by atoms with Crippen LogP contribution in [0.4, 0.5) is 5.69 Å². The molecule has 1 aromatic carbocycles. The molecule has 0 amide bonds. The van der Waals surface area contributed by atoms with E-state index in [-0.39, 0.29) is 0 Å². The molecule has 0 saturated carbocycles. The SMILES string of the molecule is CCC1CCCCN1c1ccccc1C(N)=S. The van der Waals surface area contributed by atoms with E-state index in [0.29, 0.717) is 11.0 Å². The summed E-state index contributed by atoms with van der Waals surface area (Å²) in [7, 11) is 0. The second-order valence-corrected chi connectivity index (χ2v) is 5.07. The molecule has 1 aliphatic rings. The van der Waals surface area contributed by atoms with Crippen LogP contribution >= 0.6 is 12.2 Å². The van der Waals surface area contributed by atoms with Gasteiger partial charge in [-0.3, -0.25) is 0 Å². The van der Waals surface area contributed by atoms with E-state index < -0.39 is 0 Å². The first-order chi connectivity index (χ1) is 8.24. The Labute approximate surface area is 109 Å². The lowest BCUT2D eigenvalue weighted by atomic mass is 9.98. The van der Waals surface area contributed by atoms with Crippen molar-refractivity contribution in [2.45, 2.75) is 38.6 Å². The number of anilines is 1. The highest BCUT2D eigenvalue weighted by Gasteiger charge is 2.23. The highest BCUT2D eigenvalue weighted by molar-refractivity contribution is 7.80. The fourth-order valence-electron chi connectivity index (χ4n) is 2.67. The number of piperidine rings is 1. The number of rotatable bonds is 3. The summed E-state index contributed by atoms with van der Waals surface area (Å²) in [4.78, 5) is 2.99. The minimum Gasteiger partial charge on any atom is -0.389 e. The highest BCUT2D eigenvalue weighted by atomic mass is 32.1. The van der Waals surface area contributed by atoms with E-state index in [4.69, 9.17) is 18.0 Å². The van der Waals surface area contributed by atoms with Crippen molar-refractivity contribution in [2.24, 2.45) is 5.73 Å². The summed E-state index contributed by atoms with van der Waals surface area (Å²) in [5.74, 6) is 0. The summed E-state index contributed by atoms with van der Waals surface area (Å²) < 4.78 is 0. The van der Waals surface area contributed by atoms with Crippen LogP contribution in [-0.2, 0) is 0 Å². The zero-order valence-corrected chi connectivity index (χ0v) is 11.2. The number of hydrogen-bond acceptors (Lipinski definition) is 2. The Balaban J connectivity index is 2.34. The summed E-state index contributed by atoms with van der Waals surface area (Å²) in [5.41, 5.74) is 8.04. The Morgan fingerprint density at radius 3 is 2.88 bits per heavy atom. The highest BCUT2D eigenvalue weighted by Crippen LogP contribution is 2.29. The Hall–Kier alpha value is -1.09. The Kier molecular flexibility index (Phi) is 4.00. The topological polar surface area (TPSA) is 29.3 Å². The molecule has 2 rings (SSSR count). The number of nitrogens with zero attached hydrogens (tertiary/aromatic N) is 1. The first kappa shape index (κ1) is 12.4. The molecule has 1 saturated heterocycles. The van der Waals surface area contributed by atoms with E-state index in [1.54, 1.807) is 0 Å². The van der Waals surface area contributed by atoms with Gasteiger partial charge in [-0.2, -0.15) is 0 Å². The van der Waals surface area contributed by atoms with Crippen LogP contribution in [0.15, 0.2) is 24.3 Å². The number of para-hydroxylation sites is 1. The van der Waals surface area contributed by atoms with E-state index in [0.717, 1.165) is 12.1 Å². The van der Waals surface area contributed by atoms with Crippen LogP contribution in [0.5, 0.6) is 0 Å². The third kappa shape index (κ3) is 2.60. The predicted molar refractivity (Wildman–Crippen MR) is 77.6 cm³/mol. The van der Waals surface area contributed by atoms with Crippen LogP contribution in [0.2, 0.25) is 0 Å². The molecule has 0 aliphatic carbocycles. The molecule has 92 valence electrons. The summed E-state index contributed by atoms with van der Waals surface area (Å²) in [6, 6.07) is 8.88.